The number of fused-ring (bicyclic) bond motifs is 6. The van der Waals surface area contributed by atoms with Crippen LogP contribution in [0, 0.1) is 175 Å². The Kier molecular flexibility index (Phi) is 21.2. The van der Waals surface area contributed by atoms with Crippen LogP contribution in [-0.4, -0.2) is 54.9 Å². The minimum Gasteiger partial charge on any atom is -0.344 e. The lowest BCUT2D eigenvalue weighted by Gasteiger charge is -2.35. The van der Waals surface area contributed by atoms with Gasteiger partial charge in [0.05, 0.1) is 43.4 Å². The number of aryl methyl sites for hydroxylation is 2. The summed E-state index contributed by atoms with van der Waals surface area (Å²) in [6.07, 6.45) is 0. The maximum atomic E-state index is 16.4. The van der Waals surface area contributed by atoms with E-state index in [0.29, 0.717) is 11.0 Å². The van der Waals surface area contributed by atoms with E-state index in [9.17, 15) is 26.3 Å². The summed E-state index contributed by atoms with van der Waals surface area (Å²) in [6.45, 7) is 10.7. The third-order valence-corrected chi connectivity index (χ3v) is 27.4. The molecule has 2 nitrogen and oxygen atoms in total. The van der Waals surface area contributed by atoms with Crippen molar-refractivity contribution in [3.05, 3.63) is 223 Å². The van der Waals surface area contributed by atoms with Crippen LogP contribution in [0.4, 0.5) is 132 Å². The van der Waals surface area contributed by atoms with E-state index in [2.05, 4.69) is 0 Å². The van der Waals surface area contributed by atoms with Crippen LogP contribution in [0.1, 0.15) is 0 Å². The highest BCUT2D eigenvalue weighted by molar-refractivity contribution is 7.06. The van der Waals surface area contributed by atoms with Crippen LogP contribution in [-0.2, 0) is 14.1 Å². The van der Waals surface area contributed by atoms with E-state index in [1.54, 1.807) is 12.1 Å². The number of hydrogen-bond donors (Lipinski definition) is 0. The van der Waals surface area contributed by atoms with Gasteiger partial charge in [0.25, 0.3) is 13.4 Å². The van der Waals surface area contributed by atoms with Crippen LogP contribution in [0.3, 0.4) is 0 Å². The Balaban J connectivity index is 0.000000221. The average molecular weight is 1670 g/mol. The zero-order chi connectivity index (χ0) is 84.0. The summed E-state index contributed by atoms with van der Waals surface area (Å²) in [5.41, 5.74) is -16.8. The third kappa shape index (κ3) is 12.3. The lowest BCUT2D eigenvalue weighted by Crippen LogP contribution is -2.67. The summed E-state index contributed by atoms with van der Waals surface area (Å²) >= 11 is 0. The lowest BCUT2D eigenvalue weighted by molar-refractivity contribution is 0.381. The number of rotatable bonds is 12. The molecule has 112 heavy (non-hydrogen) atoms. The van der Waals surface area contributed by atoms with Crippen LogP contribution in [0.5, 0.6) is 0 Å². The smallest absolute Gasteiger partial charge is 0.257 e. The van der Waals surface area contributed by atoms with Crippen LogP contribution in [0.15, 0.2) is 48.5 Å². The standard InChI is InChI=1S/2C37H25BF15NSi2/c2*1-54-13-11-9-8-10-12(13)14-35(54)37(56(5,6)7)15(16-20(39)26(45)32(51)27(46)21(16)40)17(36(14)55(2,3)4)38(18-22(41)28(47)33(52)29(48)23(18)42)19-24(43)30(49)34(53)31(50)25(19)44/h2*8-11H,1-7H3. The second-order valence-electron chi connectivity index (χ2n) is 30.4. The van der Waals surface area contributed by atoms with Crippen molar-refractivity contribution < 1.29 is 132 Å². The lowest BCUT2D eigenvalue weighted by atomic mass is 9.35. The Morgan fingerprint density at radius 2 is 0.375 bits per heavy atom. The van der Waals surface area contributed by atoms with Gasteiger partial charge in [0.2, 0.25) is 11.6 Å². The summed E-state index contributed by atoms with van der Waals surface area (Å²) in [4.78, 5) is 0. The van der Waals surface area contributed by atoms with E-state index in [-0.39, 0.29) is 53.3 Å². The SMILES string of the molecule is Cn1c2ccccc2c2c([Si](C)(C)C)c(B(c3c(F)c(F)c(F)c(F)c3F)c3c(F)c(F)c(F)c(F)c3F)c(-c3c(F)c(F)c(F)c(F)c3F)c([Si](C)(C)C)c21.Cn1c2ccccc2c2c([Si](C)(C)C)c(B(c3c(F)c(F)c(F)c(F)c3F)c3c(F)c(F)c(F)c(F)c3F)c(-c3c(F)c(F)c(F)c(F)c3F)c([Si](C)(C)C)c21. The Hall–Kier alpha value is -9.30. The normalized spacial score (nSPS) is 12.5. The van der Waals surface area contributed by atoms with E-state index >= 15 is 105 Å². The van der Waals surface area contributed by atoms with Crippen LogP contribution in [0.25, 0.3) is 65.9 Å². The Labute approximate surface area is 619 Å². The van der Waals surface area contributed by atoms with Crippen LogP contribution in [0.2, 0.25) is 78.6 Å². The molecule has 0 saturated heterocycles. The molecular formula is C74H50B2F30N2Si4. The fourth-order valence-electron chi connectivity index (χ4n) is 15.0. The van der Waals surface area contributed by atoms with Crippen LogP contribution < -0.4 is 53.5 Å². The molecular weight excluding hydrogens is 1620 g/mol. The molecule has 0 N–H and O–H groups in total. The van der Waals surface area contributed by atoms with E-state index in [4.69, 9.17) is 0 Å². The molecule has 2 heterocycles. The second kappa shape index (κ2) is 28.4. The molecule has 0 atom stereocenters. The number of halogens is 30. The molecule has 38 heteroatoms. The largest absolute Gasteiger partial charge is 0.344 e. The van der Waals surface area contributed by atoms with E-state index < -0.39 is 275 Å². The fraction of sp³-hybridized carbons (Fsp3) is 0.189. The molecule has 12 rings (SSSR count). The highest BCUT2D eigenvalue weighted by atomic mass is 28.3. The molecule has 0 aliphatic heterocycles. The molecule has 0 aliphatic carbocycles. The quantitative estimate of drug-likeness (QED) is 0.0499. The van der Waals surface area contributed by atoms with Gasteiger partial charge in [0, 0.05) is 79.6 Å². The molecule has 0 radical (unpaired) electrons. The molecule has 12 aromatic rings. The average Bonchev–Trinajstić information content (AvgIpc) is 1.39. The minimum absolute atomic E-state index is 0.0000531. The van der Waals surface area contributed by atoms with Gasteiger partial charge in [0.1, 0.15) is 0 Å². The fourth-order valence-corrected chi connectivity index (χ4v) is 23.2. The van der Waals surface area contributed by atoms with Gasteiger partial charge in [-0.05, 0) is 33.6 Å². The van der Waals surface area contributed by atoms with Gasteiger partial charge < -0.3 is 9.13 Å². The van der Waals surface area contributed by atoms with Crippen molar-refractivity contribution >= 4 is 143 Å². The van der Waals surface area contributed by atoms with Crippen molar-refractivity contribution in [2.45, 2.75) is 78.6 Å². The maximum Gasteiger partial charge on any atom is 0.257 e. The molecule has 2 aromatic heterocycles. The first-order valence-electron chi connectivity index (χ1n) is 32.8. The highest BCUT2D eigenvalue weighted by Gasteiger charge is 2.51. The second-order valence-corrected chi connectivity index (χ2v) is 50.4. The number of hydrogen-bond acceptors (Lipinski definition) is 0. The zero-order valence-electron chi connectivity index (χ0n) is 60.0. The van der Waals surface area contributed by atoms with Gasteiger partial charge in [-0.1, -0.05) is 136 Å². The van der Waals surface area contributed by atoms with E-state index in [1.165, 1.54) is 138 Å². The molecule has 0 unspecified atom stereocenters. The summed E-state index contributed by atoms with van der Waals surface area (Å²) in [5, 5.41) is -0.957. The van der Waals surface area contributed by atoms with Crippen molar-refractivity contribution in [1.82, 2.24) is 9.13 Å². The number of para-hydroxylation sites is 2. The summed E-state index contributed by atoms with van der Waals surface area (Å²) < 4.78 is 469. The van der Waals surface area contributed by atoms with E-state index in [1.807, 2.05) is 0 Å². The van der Waals surface area contributed by atoms with Crippen molar-refractivity contribution in [2.24, 2.45) is 14.1 Å². The number of nitrogens with zero attached hydrogens (tertiary/aromatic N) is 2. The van der Waals surface area contributed by atoms with Gasteiger partial charge in [-0.15, -0.1) is 0 Å². The van der Waals surface area contributed by atoms with Gasteiger partial charge in [-0.25, -0.2) is 132 Å². The number of aromatic nitrogens is 2. The van der Waals surface area contributed by atoms with Gasteiger partial charge >= 0.3 is 0 Å². The summed E-state index contributed by atoms with van der Waals surface area (Å²) in [7, 11) is -11.6. The zero-order valence-corrected chi connectivity index (χ0v) is 64.0. The monoisotopic (exact) mass is 1670 g/mol. The van der Waals surface area contributed by atoms with Gasteiger partial charge in [-0.2, -0.15) is 0 Å². The van der Waals surface area contributed by atoms with Gasteiger partial charge in [-0.3, -0.25) is 0 Å². The van der Waals surface area contributed by atoms with Crippen LogP contribution >= 0.6 is 0 Å². The molecule has 0 spiro atoms. The molecule has 0 amide bonds. The van der Waals surface area contributed by atoms with Crippen molar-refractivity contribution in [1.29, 1.82) is 0 Å². The molecule has 0 bridgehead atoms. The van der Waals surface area contributed by atoms with Crippen molar-refractivity contribution in [3.8, 4) is 22.3 Å². The highest BCUT2D eigenvalue weighted by Crippen LogP contribution is 2.41. The maximum absolute atomic E-state index is 16.4. The molecule has 10 aromatic carbocycles. The first-order valence-corrected chi connectivity index (χ1v) is 46.8. The van der Waals surface area contributed by atoms with Crippen molar-refractivity contribution in [2.75, 3.05) is 0 Å². The first kappa shape index (κ1) is 83.6. The van der Waals surface area contributed by atoms with Crippen molar-refractivity contribution in [3.63, 3.8) is 0 Å². The summed E-state index contributed by atoms with van der Waals surface area (Å²) in [5.74, 6) is -82.1. The summed E-state index contributed by atoms with van der Waals surface area (Å²) in [6, 6.07) is 12.1. The molecule has 588 valence electrons. The Morgan fingerprint density at radius 1 is 0.205 bits per heavy atom. The minimum atomic E-state index is -3.66. The molecule has 0 saturated carbocycles. The predicted molar refractivity (Wildman–Crippen MR) is 377 cm³/mol. The topological polar surface area (TPSA) is 9.86 Å². The Morgan fingerprint density at radius 3 is 0.562 bits per heavy atom. The molecule has 0 fully saturated rings. The van der Waals surface area contributed by atoms with Gasteiger partial charge in [0.15, 0.2) is 163 Å². The first-order chi connectivity index (χ1) is 51.6. The van der Waals surface area contributed by atoms with E-state index in [0.717, 1.165) is 0 Å². The predicted octanol–water partition coefficient (Wildman–Crippen LogP) is 17.4. The third-order valence-electron chi connectivity index (χ3n) is 19.4. The number of benzene rings is 10. The Bertz CT molecular complexity index is 5450. The molecule has 0 aliphatic rings.